The molecule has 102 valence electrons. The Hall–Kier alpha value is -2.43. The van der Waals surface area contributed by atoms with Crippen LogP contribution in [0.15, 0.2) is 18.3 Å². The zero-order valence-corrected chi connectivity index (χ0v) is 11.5. The van der Waals surface area contributed by atoms with Gasteiger partial charge in [0.05, 0.1) is 10.6 Å². The van der Waals surface area contributed by atoms with Gasteiger partial charge in [-0.2, -0.15) is 0 Å². The standard InChI is InChI=1S/C13H12N4O2S/c1-19-7-3-6-16-13-17-12(14)11(20-13)10-9(8-18)4-2-5-15-10/h2,4-5,8H,7,14H2,1H3,(H,16,17). The second-order valence-electron chi connectivity index (χ2n) is 3.65. The van der Waals surface area contributed by atoms with Crippen molar-refractivity contribution >= 4 is 28.6 Å². The molecule has 0 spiro atoms. The maximum Gasteiger partial charge on any atom is 0.197 e. The number of nitrogens with two attached hydrogens (primary N) is 1. The van der Waals surface area contributed by atoms with Crippen LogP contribution in [0, 0.1) is 12.0 Å². The molecule has 0 saturated heterocycles. The van der Waals surface area contributed by atoms with Gasteiger partial charge in [-0.25, -0.2) is 4.98 Å². The van der Waals surface area contributed by atoms with Gasteiger partial charge in [0.2, 0.25) is 0 Å². The maximum atomic E-state index is 11.0. The molecule has 0 saturated carbocycles. The number of nitrogen functional groups attached to an aromatic ring is 1. The first-order chi connectivity index (χ1) is 9.76. The molecule has 0 aliphatic rings. The number of aromatic nitrogens is 2. The first kappa shape index (κ1) is 14.0. The number of nitrogens with one attached hydrogen (secondary N) is 1. The van der Waals surface area contributed by atoms with Crippen molar-refractivity contribution in [3.05, 3.63) is 23.9 Å². The molecular weight excluding hydrogens is 276 g/mol. The molecule has 0 amide bonds. The molecule has 0 unspecified atom stereocenters. The Bertz CT molecular complexity index is 672. The molecule has 0 atom stereocenters. The molecule has 0 aliphatic carbocycles. The van der Waals surface area contributed by atoms with Gasteiger partial charge in [-0.15, -0.1) is 0 Å². The molecule has 2 heterocycles. The van der Waals surface area contributed by atoms with Crippen molar-refractivity contribution in [2.75, 3.05) is 24.8 Å². The van der Waals surface area contributed by atoms with Gasteiger partial charge in [0, 0.05) is 24.9 Å². The summed E-state index contributed by atoms with van der Waals surface area (Å²) in [6, 6.07) is 6.08. The monoisotopic (exact) mass is 288 g/mol. The summed E-state index contributed by atoms with van der Waals surface area (Å²) in [5.74, 6) is 3.06. The number of ether oxygens (including phenoxy) is 1. The van der Waals surface area contributed by atoms with Gasteiger partial charge >= 0.3 is 0 Å². The molecule has 3 N–H and O–H groups in total. The summed E-state index contributed by atoms with van der Waals surface area (Å²) >= 11 is 1.29. The van der Waals surface area contributed by atoms with Crippen LogP contribution in [0.4, 0.5) is 10.9 Å². The van der Waals surface area contributed by atoms with E-state index < -0.39 is 0 Å². The van der Waals surface area contributed by atoms with Gasteiger partial charge < -0.3 is 10.5 Å². The number of anilines is 2. The van der Waals surface area contributed by atoms with Crippen LogP contribution in [-0.4, -0.2) is 30.0 Å². The SMILES string of the molecule is COCC#CNc1nc(N)c(-c2ncccc2C=O)s1. The zero-order chi connectivity index (χ0) is 14.4. The molecule has 20 heavy (non-hydrogen) atoms. The highest BCUT2D eigenvalue weighted by atomic mass is 32.1. The molecule has 2 rings (SSSR count). The Morgan fingerprint density at radius 2 is 2.45 bits per heavy atom. The number of hydrogen-bond donors (Lipinski definition) is 2. The second kappa shape index (κ2) is 6.65. The molecule has 0 fully saturated rings. The van der Waals surface area contributed by atoms with Gasteiger partial charge in [0.15, 0.2) is 11.4 Å². The van der Waals surface area contributed by atoms with Crippen LogP contribution in [0.5, 0.6) is 0 Å². The Labute approximate surface area is 120 Å². The van der Waals surface area contributed by atoms with Gasteiger partial charge in [-0.1, -0.05) is 17.3 Å². The Kier molecular flexibility index (Phi) is 4.65. The summed E-state index contributed by atoms with van der Waals surface area (Å²) in [5, 5.41) is 3.36. The van der Waals surface area contributed by atoms with Crippen LogP contribution in [0.2, 0.25) is 0 Å². The highest BCUT2D eigenvalue weighted by Gasteiger charge is 2.14. The summed E-state index contributed by atoms with van der Waals surface area (Å²) < 4.78 is 4.80. The van der Waals surface area contributed by atoms with E-state index in [2.05, 4.69) is 27.2 Å². The molecule has 0 bridgehead atoms. The third kappa shape index (κ3) is 3.12. The molecule has 0 aromatic carbocycles. The normalized spacial score (nSPS) is 9.65. The molecule has 2 aromatic heterocycles. The molecule has 7 heteroatoms. The Balaban J connectivity index is 2.28. The van der Waals surface area contributed by atoms with Crippen LogP contribution < -0.4 is 11.1 Å². The predicted molar refractivity (Wildman–Crippen MR) is 78.4 cm³/mol. The number of carbonyl (C=O) groups excluding carboxylic acids is 1. The van der Waals surface area contributed by atoms with E-state index in [0.29, 0.717) is 33.7 Å². The summed E-state index contributed by atoms with van der Waals surface area (Å²) in [6.45, 7) is 0.330. The lowest BCUT2D eigenvalue weighted by Crippen LogP contribution is -1.93. The van der Waals surface area contributed by atoms with E-state index in [9.17, 15) is 4.79 Å². The van der Waals surface area contributed by atoms with Gasteiger partial charge in [0.25, 0.3) is 0 Å². The zero-order valence-electron chi connectivity index (χ0n) is 10.7. The number of carbonyl (C=O) groups is 1. The van der Waals surface area contributed by atoms with Crippen molar-refractivity contribution in [2.24, 2.45) is 0 Å². The van der Waals surface area contributed by atoms with Crippen LogP contribution in [-0.2, 0) is 4.74 Å². The first-order valence-corrected chi connectivity index (χ1v) is 6.47. The lowest BCUT2D eigenvalue weighted by molar-refractivity contribution is 0.112. The van der Waals surface area contributed by atoms with Crippen LogP contribution in [0.1, 0.15) is 10.4 Å². The third-order valence-corrected chi connectivity index (χ3v) is 3.30. The minimum Gasteiger partial charge on any atom is -0.382 e. The van der Waals surface area contributed by atoms with E-state index in [1.54, 1.807) is 25.4 Å². The lowest BCUT2D eigenvalue weighted by Gasteiger charge is -1.99. The van der Waals surface area contributed by atoms with E-state index in [1.165, 1.54) is 11.3 Å². The molecule has 0 radical (unpaired) electrons. The minimum atomic E-state index is 0.313. The van der Waals surface area contributed by atoms with E-state index in [0.717, 1.165) is 6.29 Å². The highest BCUT2D eigenvalue weighted by Crippen LogP contribution is 2.34. The van der Waals surface area contributed by atoms with E-state index in [-0.39, 0.29) is 0 Å². The number of hydrogen-bond acceptors (Lipinski definition) is 7. The summed E-state index contributed by atoms with van der Waals surface area (Å²) in [4.78, 5) is 20.0. The van der Waals surface area contributed by atoms with Crippen LogP contribution in [0.25, 0.3) is 10.6 Å². The fourth-order valence-corrected chi connectivity index (χ4v) is 2.32. The quantitative estimate of drug-likeness (QED) is 0.505. The number of thiazole rings is 1. The summed E-state index contributed by atoms with van der Waals surface area (Å²) in [7, 11) is 1.57. The Morgan fingerprint density at radius 1 is 1.60 bits per heavy atom. The third-order valence-electron chi connectivity index (χ3n) is 2.31. The molecule has 0 aliphatic heterocycles. The van der Waals surface area contributed by atoms with Gasteiger partial charge in [-0.05, 0) is 12.1 Å². The number of methoxy groups -OCH3 is 1. The average Bonchev–Trinajstić information content (AvgIpc) is 2.84. The average molecular weight is 288 g/mol. The minimum absolute atomic E-state index is 0.313. The molecular formula is C13H12N4O2S. The first-order valence-electron chi connectivity index (χ1n) is 5.66. The predicted octanol–water partition coefficient (Wildman–Crippen LogP) is 1.62. The van der Waals surface area contributed by atoms with Crippen molar-refractivity contribution in [1.29, 1.82) is 0 Å². The molecule has 2 aromatic rings. The van der Waals surface area contributed by atoms with Crippen molar-refractivity contribution in [2.45, 2.75) is 0 Å². The molecule has 6 nitrogen and oxygen atoms in total. The number of nitrogens with zero attached hydrogens (tertiary/aromatic N) is 2. The van der Waals surface area contributed by atoms with Crippen molar-refractivity contribution in [1.82, 2.24) is 9.97 Å². The lowest BCUT2D eigenvalue weighted by atomic mass is 10.2. The van der Waals surface area contributed by atoms with Crippen molar-refractivity contribution in [3.63, 3.8) is 0 Å². The van der Waals surface area contributed by atoms with E-state index in [4.69, 9.17) is 10.5 Å². The van der Waals surface area contributed by atoms with Crippen LogP contribution >= 0.6 is 11.3 Å². The topological polar surface area (TPSA) is 90.1 Å². The maximum absolute atomic E-state index is 11.0. The van der Waals surface area contributed by atoms with Gasteiger partial charge in [0.1, 0.15) is 12.4 Å². The number of pyridine rings is 1. The van der Waals surface area contributed by atoms with Gasteiger partial charge in [-0.3, -0.25) is 15.1 Å². The fourth-order valence-electron chi connectivity index (χ4n) is 1.46. The fraction of sp³-hybridized carbons (Fsp3) is 0.154. The summed E-state index contributed by atoms with van der Waals surface area (Å²) in [6.07, 6.45) is 2.35. The number of rotatable bonds is 4. The number of aldehydes is 1. The second-order valence-corrected chi connectivity index (χ2v) is 4.65. The largest absolute Gasteiger partial charge is 0.382 e. The summed E-state index contributed by atoms with van der Waals surface area (Å²) in [5.41, 5.74) is 6.85. The van der Waals surface area contributed by atoms with Crippen molar-refractivity contribution < 1.29 is 9.53 Å². The smallest absolute Gasteiger partial charge is 0.197 e. The van der Waals surface area contributed by atoms with E-state index >= 15 is 0 Å². The van der Waals surface area contributed by atoms with E-state index in [1.807, 2.05) is 0 Å². The highest BCUT2D eigenvalue weighted by molar-refractivity contribution is 7.19. The van der Waals surface area contributed by atoms with Crippen LogP contribution in [0.3, 0.4) is 0 Å². The Morgan fingerprint density at radius 3 is 3.20 bits per heavy atom. The van der Waals surface area contributed by atoms with Crippen molar-refractivity contribution in [3.8, 4) is 22.5 Å².